The minimum absolute atomic E-state index is 0.206. The van der Waals surface area contributed by atoms with Gasteiger partial charge in [-0.1, -0.05) is 12.1 Å². The standard InChI is InChI=1S/C22H19FN4S/c1-14-12-27(13-24-14)18-7-8-19-16(11-18)4-9-20-22(25-19)26-21(28-20)10-15-2-5-17(23)6-3-15/h2-3,5-8,11-13,25H,4,9-10H2,1H3. The van der Waals surface area contributed by atoms with Crippen LogP contribution < -0.4 is 5.32 Å². The van der Waals surface area contributed by atoms with Gasteiger partial charge in [0.05, 0.1) is 17.0 Å². The van der Waals surface area contributed by atoms with Crippen molar-refractivity contribution in [1.82, 2.24) is 14.5 Å². The molecule has 0 radical (unpaired) electrons. The maximum absolute atomic E-state index is 13.1. The van der Waals surface area contributed by atoms with Gasteiger partial charge in [-0.25, -0.2) is 14.4 Å². The molecule has 4 nitrogen and oxygen atoms in total. The van der Waals surface area contributed by atoms with E-state index in [0.29, 0.717) is 0 Å². The molecule has 0 saturated heterocycles. The lowest BCUT2D eigenvalue weighted by Crippen LogP contribution is -1.98. The maximum Gasteiger partial charge on any atom is 0.144 e. The Hall–Kier alpha value is -2.99. The summed E-state index contributed by atoms with van der Waals surface area (Å²) in [5.41, 5.74) is 5.60. The molecule has 0 atom stereocenters. The van der Waals surface area contributed by atoms with E-state index >= 15 is 0 Å². The number of benzene rings is 2. The Labute approximate surface area is 166 Å². The Bertz CT molecular complexity index is 1140. The fourth-order valence-electron chi connectivity index (χ4n) is 3.53. The third kappa shape index (κ3) is 3.31. The molecule has 0 saturated carbocycles. The van der Waals surface area contributed by atoms with Crippen LogP contribution in [0.1, 0.15) is 26.7 Å². The summed E-state index contributed by atoms with van der Waals surface area (Å²) in [5, 5.41) is 4.57. The molecule has 3 heterocycles. The first-order valence-corrected chi connectivity index (χ1v) is 10.1. The molecule has 0 amide bonds. The van der Waals surface area contributed by atoms with Gasteiger partial charge in [0, 0.05) is 28.9 Å². The number of halogens is 1. The Morgan fingerprint density at radius 2 is 2.00 bits per heavy atom. The first-order valence-electron chi connectivity index (χ1n) is 9.28. The lowest BCUT2D eigenvalue weighted by molar-refractivity contribution is 0.627. The van der Waals surface area contributed by atoms with E-state index < -0.39 is 0 Å². The van der Waals surface area contributed by atoms with Crippen LogP contribution in [-0.4, -0.2) is 14.5 Å². The predicted molar refractivity (Wildman–Crippen MR) is 110 cm³/mol. The second-order valence-electron chi connectivity index (χ2n) is 7.07. The first-order chi connectivity index (χ1) is 13.6. The van der Waals surface area contributed by atoms with E-state index in [1.54, 1.807) is 11.3 Å². The van der Waals surface area contributed by atoms with Gasteiger partial charge in [-0.3, -0.25) is 0 Å². The molecule has 1 aliphatic heterocycles. The highest BCUT2D eigenvalue weighted by molar-refractivity contribution is 7.12. The van der Waals surface area contributed by atoms with Gasteiger partial charge in [0.2, 0.25) is 0 Å². The van der Waals surface area contributed by atoms with Gasteiger partial charge in [0.1, 0.15) is 11.6 Å². The van der Waals surface area contributed by atoms with Gasteiger partial charge in [0.15, 0.2) is 0 Å². The van der Waals surface area contributed by atoms with E-state index in [4.69, 9.17) is 4.98 Å². The Kier molecular flexibility index (Phi) is 4.20. The quantitative estimate of drug-likeness (QED) is 0.522. The number of nitrogens with zero attached hydrogens (tertiary/aromatic N) is 3. The Balaban J connectivity index is 1.39. The van der Waals surface area contributed by atoms with E-state index in [0.717, 1.165) is 52.7 Å². The number of rotatable bonds is 3. The summed E-state index contributed by atoms with van der Waals surface area (Å²) in [5.74, 6) is 0.745. The third-order valence-electron chi connectivity index (χ3n) is 4.98. The summed E-state index contributed by atoms with van der Waals surface area (Å²) < 4.78 is 15.2. The lowest BCUT2D eigenvalue weighted by Gasteiger charge is -2.10. The zero-order chi connectivity index (χ0) is 19.1. The summed E-state index contributed by atoms with van der Waals surface area (Å²) in [6.45, 7) is 1.99. The van der Waals surface area contributed by atoms with Gasteiger partial charge in [0.25, 0.3) is 0 Å². The van der Waals surface area contributed by atoms with Gasteiger partial charge < -0.3 is 9.88 Å². The molecule has 1 N–H and O–H groups in total. The van der Waals surface area contributed by atoms with E-state index in [2.05, 4.69) is 33.1 Å². The van der Waals surface area contributed by atoms with Crippen molar-refractivity contribution in [3.05, 3.63) is 87.5 Å². The largest absolute Gasteiger partial charge is 0.339 e. The highest BCUT2D eigenvalue weighted by atomic mass is 32.1. The number of aromatic nitrogens is 3. The van der Waals surface area contributed by atoms with Crippen LogP contribution in [0.3, 0.4) is 0 Å². The van der Waals surface area contributed by atoms with Crippen LogP contribution in [0.5, 0.6) is 0 Å². The molecule has 0 aliphatic carbocycles. The van der Waals surface area contributed by atoms with Gasteiger partial charge in [-0.2, -0.15) is 0 Å². The molecule has 0 unspecified atom stereocenters. The molecule has 0 spiro atoms. The fourth-order valence-corrected chi connectivity index (χ4v) is 4.59. The topological polar surface area (TPSA) is 42.7 Å². The molecular weight excluding hydrogens is 371 g/mol. The number of nitrogens with one attached hydrogen (secondary N) is 1. The Morgan fingerprint density at radius 1 is 1.14 bits per heavy atom. The van der Waals surface area contributed by atoms with Crippen LogP contribution in [-0.2, 0) is 19.3 Å². The molecule has 2 aromatic carbocycles. The highest BCUT2D eigenvalue weighted by Gasteiger charge is 2.18. The van der Waals surface area contributed by atoms with Gasteiger partial charge >= 0.3 is 0 Å². The van der Waals surface area contributed by atoms with Gasteiger partial charge in [-0.15, -0.1) is 11.3 Å². The number of anilines is 2. The van der Waals surface area contributed by atoms with E-state index in [9.17, 15) is 4.39 Å². The molecule has 5 rings (SSSR count). The van der Waals surface area contributed by atoms with Crippen molar-refractivity contribution in [3.8, 4) is 5.69 Å². The molecule has 1 aliphatic rings. The average Bonchev–Trinajstić information content (AvgIpc) is 3.25. The molecule has 28 heavy (non-hydrogen) atoms. The molecule has 0 bridgehead atoms. The van der Waals surface area contributed by atoms with Crippen molar-refractivity contribution in [3.63, 3.8) is 0 Å². The molecule has 4 aromatic rings. The third-order valence-corrected chi connectivity index (χ3v) is 6.10. The normalized spacial score (nSPS) is 12.8. The second kappa shape index (κ2) is 6.87. The number of imidazole rings is 1. The van der Waals surface area contributed by atoms with Crippen LogP contribution in [0.15, 0.2) is 55.0 Å². The van der Waals surface area contributed by atoms with Crippen molar-refractivity contribution < 1.29 is 4.39 Å². The number of hydrogen-bond donors (Lipinski definition) is 1. The summed E-state index contributed by atoms with van der Waals surface area (Å²) in [4.78, 5) is 10.4. The van der Waals surface area contributed by atoms with Gasteiger partial charge in [-0.05, 0) is 61.2 Å². The summed E-state index contributed by atoms with van der Waals surface area (Å²) in [7, 11) is 0. The number of thiazole rings is 1. The average molecular weight is 390 g/mol. The summed E-state index contributed by atoms with van der Waals surface area (Å²) in [6, 6.07) is 13.1. The van der Waals surface area contributed by atoms with E-state index in [-0.39, 0.29) is 5.82 Å². The van der Waals surface area contributed by atoms with Crippen molar-refractivity contribution in [2.45, 2.75) is 26.2 Å². The van der Waals surface area contributed by atoms with Crippen molar-refractivity contribution in [2.24, 2.45) is 0 Å². The number of aryl methyl sites for hydroxylation is 3. The van der Waals surface area contributed by atoms with Crippen LogP contribution in [0.4, 0.5) is 15.9 Å². The summed E-state index contributed by atoms with van der Waals surface area (Å²) >= 11 is 1.74. The van der Waals surface area contributed by atoms with Crippen LogP contribution >= 0.6 is 11.3 Å². The van der Waals surface area contributed by atoms with Crippen molar-refractivity contribution >= 4 is 22.8 Å². The fraction of sp³-hybridized carbons (Fsp3) is 0.182. The molecular formula is C22H19FN4S. The summed E-state index contributed by atoms with van der Waals surface area (Å²) in [6.07, 6.45) is 6.54. The molecule has 2 aromatic heterocycles. The zero-order valence-corrected chi connectivity index (χ0v) is 16.3. The first kappa shape index (κ1) is 17.1. The van der Waals surface area contributed by atoms with Crippen molar-refractivity contribution in [1.29, 1.82) is 0 Å². The zero-order valence-electron chi connectivity index (χ0n) is 15.4. The lowest BCUT2D eigenvalue weighted by atomic mass is 10.1. The van der Waals surface area contributed by atoms with Crippen LogP contribution in [0, 0.1) is 12.7 Å². The maximum atomic E-state index is 13.1. The van der Waals surface area contributed by atoms with Crippen molar-refractivity contribution in [2.75, 3.05) is 5.32 Å². The predicted octanol–water partition coefficient (Wildman–Crippen LogP) is 5.21. The minimum atomic E-state index is -0.206. The second-order valence-corrected chi connectivity index (χ2v) is 8.24. The Morgan fingerprint density at radius 3 is 2.79 bits per heavy atom. The van der Waals surface area contributed by atoms with Crippen LogP contribution in [0.2, 0.25) is 0 Å². The molecule has 0 fully saturated rings. The SMILES string of the molecule is Cc1cn(-c2ccc3c(c2)CCc2sc(Cc4ccc(F)cc4)nc2N3)cn1. The highest BCUT2D eigenvalue weighted by Crippen LogP contribution is 2.34. The van der Waals surface area contributed by atoms with E-state index in [1.807, 2.05) is 31.6 Å². The smallest absolute Gasteiger partial charge is 0.144 e. The minimum Gasteiger partial charge on any atom is -0.339 e. The molecule has 140 valence electrons. The van der Waals surface area contributed by atoms with Crippen LogP contribution in [0.25, 0.3) is 5.69 Å². The monoisotopic (exact) mass is 390 g/mol. The molecule has 6 heteroatoms. The number of hydrogen-bond acceptors (Lipinski definition) is 4. The number of fused-ring (bicyclic) bond motifs is 2. The van der Waals surface area contributed by atoms with E-state index in [1.165, 1.54) is 22.6 Å².